The first kappa shape index (κ1) is 12.6. The first-order valence-electron chi connectivity index (χ1n) is 6.09. The fraction of sp³-hybridized carbons (Fsp3) is 0.385. The molecule has 96 valence electrons. The number of amides is 2. The van der Waals surface area contributed by atoms with Gasteiger partial charge in [0.1, 0.15) is 6.04 Å². The third-order valence-electron chi connectivity index (χ3n) is 2.96. The number of hydrogen-bond donors (Lipinski definition) is 2. The fourth-order valence-corrected chi connectivity index (χ4v) is 2.00. The second kappa shape index (κ2) is 5.64. The number of nitrogens with one attached hydrogen (secondary N) is 2. The molecule has 0 saturated carbocycles. The monoisotopic (exact) mass is 247 g/mol. The molecule has 2 rings (SSSR count). The Labute approximate surface area is 106 Å². The van der Waals surface area contributed by atoms with E-state index in [-0.39, 0.29) is 24.4 Å². The Morgan fingerprint density at radius 1 is 1.39 bits per heavy atom. The van der Waals surface area contributed by atoms with Crippen molar-refractivity contribution in [3.8, 4) is 0 Å². The van der Waals surface area contributed by atoms with Crippen molar-refractivity contribution in [1.29, 1.82) is 0 Å². The molecule has 0 bridgehead atoms. The summed E-state index contributed by atoms with van der Waals surface area (Å²) in [5, 5.41) is 5.64. The predicted octanol–water partition coefficient (Wildman–Crippen LogP) is 0.128. The van der Waals surface area contributed by atoms with Crippen molar-refractivity contribution >= 4 is 17.5 Å². The molecular weight excluding hydrogens is 230 g/mol. The molecule has 1 aliphatic rings. The van der Waals surface area contributed by atoms with Gasteiger partial charge in [0.15, 0.2) is 0 Å². The summed E-state index contributed by atoms with van der Waals surface area (Å²) < 4.78 is 0. The zero-order chi connectivity index (χ0) is 13.0. The maximum Gasteiger partial charge on any atom is 0.245 e. The Hall–Kier alpha value is -1.88. The van der Waals surface area contributed by atoms with Gasteiger partial charge in [-0.25, -0.2) is 0 Å². The highest BCUT2D eigenvalue weighted by Gasteiger charge is 2.27. The van der Waals surface area contributed by atoms with Crippen LogP contribution < -0.4 is 15.5 Å². The van der Waals surface area contributed by atoms with Gasteiger partial charge in [-0.1, -0.05) is 18.2 Å². The average Bonchev–Trinajstić information content (AvgIpc) is 2.41. The maximum absolute atomic E-state index is 12.3. The third kappa shape index (κ3) is 2.68. The topological polar surface area (TPSA) is 61.4 Å². The smallest absolute Gasteiger partial charge is 0.245 e. The van der Waals surface area contributed by atoms with Crippen molar-refractivity contribution in [3.63, 3.8) is 0 Å². The average molecular weight is 247 g/mol. The largest absolute Gasteiger partial charge is 0.353 e. The Morgan fingerprint density at radius 2 is 2.11 bits per heavy atom. The van der Waals surface area contributed by atoms with E-state index in [4.69, 9.17) is 0 Å². The van der Waals surface area contributed by atoms with Gasteiger partial charge in [-0.3, -0.25) is 14.9 Å². The maximum atomic E-state index is 12.3. The van der Waals surface area contributed by atoms with Gasteiger partial charge in [0, 0.05) is 18.8 Å². The summed E-state index contributed by atoms with van der Waals surface area (Å²) >= 11 is 0. The lowest BCUT2D eigenvalue weighted by Gasteiger charge is -2.29. The SMILES string of the molecule is CCN(C(=O)C1CNC(=O)CN1)c1ccccc1. The van der Waals surface area contributed by atoms with Gasteiger partial charge in [0.25, 0.3) is 0 Å². The number of rotatable bonds is 3. The molecule has 2 amide bonds. The van der Waals surface area contributed by atoms with Crippen LogP contribution in [0.2, 0.25) is 0 Å². The van der Waals surface area contributed by atoms with Crippen LogP contribution in [-0.2, 0) is 9.59 Å². The molecule has 1 fully saturated rings. The molecule has 1 aromatic rings. The van der Waals surface area contributed by atoms with Crippen LogP contribution in [0.3, 0.4) is 0 Å². The molecule has 1 saturated heterocycles. The molecule has 2 N–H and O–H groups in total. The molecule has 1 heterocycles. The van der Waals surface area contributed by atoms with Gasteiger partial charge >= 0.3 is 0 Å². The molecule has 1 atom stereocenters. The van der Waals surface area contributed by atoms with E-state index < -0.39 is 0 Å². The summed E-state index contributed by atoms with van der Waals surface area (Å²) in [5.74, 6) is -0.0782. The van der Waals surface area contributed by atoms with Crippen molar-refractivity contribution in [1.82, 2.24) is 10.6 Å². The highest BCUT2D eigenvalue weighted by Crippen LogP contribution is 2.14. The molecule has 1 aliphatic heterocycles. The van der Waals surface area contributed by atoms with Crippen LogP contribution in [0.5, 0.6) is 0 Å². The highest BCUT2D eigenvalue weighted by molar-refractivity contribution is 5.98. The van der Waals surface area contributed by atoms with Crippen molar-refractivity contribution in [2.24, 2.45) is 0 Å². The number of carbonyl (C=O) groups is 2. The number of benzene rings is 1. The Morgan fingerprint density at radius 3 is 2.67 bits per heavy atom. The van der Waals surface area contributed by atoms with Crippen LogP contribution in [0.25, 0.3) is 0 Å². The van der Waals surface area contributed by atoms with Gasteiger partial charge in [0.2, 0.25) is 11.8 Å². The minimum absolute atomic E-state index is 0.0105. The summed E-state index contributed by atoms with van der Waals surface area (Å²) in [6.07, 6.45) is 0. The molecule has 1 aromatic carbocycles. The van der Waals surface area contributed by atoms with E-state index in [1.54, 1.807) is 4.90 Å². The number of likely N-dealkylation sites (N-methyl/N-ethyl adjacent to an activating group) is 1. The van der Waals surface area contributed by atoms with Crippen LogP contribution in [0.4, 0.5) is 5.69 Å². The number of piperazine rings is 1. The Kier molecular flexibility index (Phi) is 3.94. The summed E-state index contributed by atoms with van der Waals surface area (Å²) in [5.41, 5.74) is 0.878. The lowest BCUT2D eigenvalue weighted by Crippen LogP contribution is -2.58. The van der Waals surface area contributed by atoms with Crippen LogP contribution >= 0.6 is 0 Å². The van der Waals surface area contributed by atoms with E-state index in [2.05, 4.69) is 10.6 Å². The van der Waals surface area contributed by atoms with Gasteiger partial charge < -0.3 is 10.2 Å². The first-order valence-corrected chi connectivity index (χ1v) is 6.09. The first-order chi connectivity index (χ1) is 8.72. The summed E-state index contributed by atoms with van der Waals surface area (Å²) in [4.78, 5) is 25.1. The molecule has 5 heteroatoms. The van der Waals surface area contributed by atoms with Gasteiger partial charge in [-0.2, -0.15) is 0 Å². The highest BCUT2D eigenvalue weighted by atomic mass is 16.2. The summed E-state index contributed by atoms with van der Waals surface area (Å²) in [6.45, 7) is 3.09. The number of nitrogens with zero attached hydrogens (tertiary/aromatic N) is 1. The summed E-state index contributed by atoms with van der Waals surface area (Å²) in [6, 6.07) is 9.19. The fourth-order valence-electron chi connectivity index (χ4n) is 2.00. The molecule has 0 spiro atoms. The Bertz CT molecular complexity index is 423. The molecule has 5 nitrogen and oxygen atoms in total. The Balaban J connectivity index is 2.09. The van der Waals surface area contributed by atoms with Gasteiger partial charge in [0.05, 0.1) is 6.54 Å². The molecule has 0 aliphatic carbocycles. The van der Waals surface area contributed by atoms with E-state index >= 15 is 0 Å². The quantitative estimate of drug-likeness (QED) is 0.798. The van der Waals surface area contributed by atoms with Crippen molar-refractivity contribution in [3.05, 3.63) is 30.3 Å². The van der Waals surface area contributed by atoms with Crippen molar-refractivity contribution in [2.75, 3.05) is 24.5 Å². The summed E-state index contributed by atoms with van der Waals surface area (Å²) in [7, 11) is 0. The van der Waals surface area contributed by atoms with E-state index in [1.165, 1.54) is 0 Å². The molecule has 18 heavy (non-hydrogen) atoms. The normalized spacial score (nSPS) is 19.2. The number of carbonyl (C=O) groups excluding carboxylic acids is 2. The third-order valence-corrected chi connectivity index (χ3v) is 2.96. The van der Waals surface area contributed by atoms with Crippen LogP contribution in [0.15, 0.2) is 30.3 Å². The molecule has 0 radical (unpaired) electrons. The lowest BCUT2D eigenvalue weighted by molar-refractivity contribution is -0.125. The number of hydrogen-bond acceptors (Lipinski definition) is 3. The number of anilines is 1. The van der Waals surface area contributed by atoms with Crippen molar-refractivity contribution in [2.45, 2.75) is 13.0 Å². The minimum Gasteiger partial charge on any atom is -0.353 e. The van der Waals surface area contributed by atoms with Crippen LogP contribution in [0.1, 0.15) is 6.92 Å². The second-order valence-corrected chi connectivity index (χ2v) is 4.16. The lowest BCUT2D eigenvalue weighted by atomic mass is 10.2. The van der Waals surface area contributed by atoms with Crippen LogP contribution in [0, 0.1) is 0 Å². The van der Waals surface area contributed by atoms with Crippen LogP contribution in [-0.4, -0.2) is 37.5 Å². The van der Waals surface area contributed by atoms with Gasteiger partial charge in [-0.05, 0) is 19.1 Å². The predicted molar refractivity (Wildman–Crippen MR) is 69.3 cm³/mol. The van der Waals surface area contributed by atoms with Gasteiger partial charge in [-0.15, -0.1) is 0 Å². The standard InChI is InChI=1S/C13H17N3O2/c1-2-16(10-6-4-3-5-7-10)13(18)11-8-15-12(17)9-14-11/h3-7,11,14H,2,8-9H2,1H3,(H,15,17). The van der Waals surface area contributed by atoms with E-state index in [0.29, 0.717) is 13.1 Å². The van der Waals surface area contributed by atoms with E-state index in [0.717, 1.165) is 5.69 Å². The minimum atomic E-state index is -0.345. The molecule has 0 aromatic heterocycles. The van der Waals surface area contributed by atoms with E-state index in [9.17, 15) is 9.59 Å². The molecule has 1 unspecified atom stereocenters. The van der Waals surface area contributed by atoms with Crippen molar-refractivity contribution < 1.29 is 9.59 Å². The zero-order valence-electron chi connectivity index (χ0n) is 10.3. The van der Waals surface area contributed by atoms with E-state index in [1.807, 2.05) is 37.3 Å². The second-order valence-electron chi connectivity index (χ2n) is 4.16. The zero-order valence-corrected chi connectivity index (χ0v) is 10.3. The number of para-hydroxylation sites is 1. The molecular formula is C13H17N3O2.